The van der Waals surface area contributed by atoms with Crippen LogP contribution in [-0.2, 0) is 16.6 Å². The lowest BCUT2D eigenvalue weighted by molar-refractivity contribution is -0.139. The van der Waals surface area contributed by atoms with Crippen molar-refractivity contribution in [3.05, 3.63) is 28.6 Å². The highest BCUT2D eigenvalue weighted by Gasteiger charge is 2.13. The molecular weight excluding hydrogens is 246 g/mol. The Morgan fingerprint density at radius 3 is 2.74 bits per heavy atom. The predicted octanol–water partition coefficient (Wildman–Crippen LogP) is 0.648. The number of hydrogen-bond acceptors (Lipinski definition) is 5. The van der Waals surface area contributed by atoms with Gasteiger partial charge >= 0.3 is 5.97 Å². The summed E-state index contributed by atoms with van der Waals surface area (Å²) in [5.74, 6) is -0.793. The lowest BCUT2D eigenvalue weighted by Gasteiger charge is -2.01. The number of carbonyl (C=O) groups is 1. The van der Waals surface area contributed by atoms with Crippen molar-refractivity contribution in [2.45, 2.75) is 6.92 Å². The van der Waals surface area contributed by atoms with E-state index >= 15 is 0 Å². The Kier molecular flexibility index (Phi) is 4.87. The second kappa shape index (κ2) is 6.39. The number of rotatable bonds is 4. The fourth-order valence-corrected chi connectivity index (χ4v) is 1.48. The summed E-state index contributed by atoms with van der Waals surface area (Å²) in [5, 5.41) is 26.4. The Hall–Kier alpha value is -2.57. The Morgan fingerprint density at radius 2 is 2.26 bits per heavy atom. The first kappa shape index (κ1) is 14.5. The van der Waals surface area contributed by atoms with Crippen molar-refractivity contribution in [2.75, 3.05) is 13.2 Å². The van der Waals surface area contributed by atoms with Crippen LogP contribution < -0.4 is 0 Å². The quantitative estimate of drug-likeness (QED) is 0.486. The monoisotopic (exact) mass is 259 g/mol. The third-order valence-electron chi connectivity index (χ3n) is 2.65. The fraction of sp³-hybridized carbons (Fsp3) is 0.308. The van der Waals surface area contributed by atoms with Gasteiger partial charge in [-0.1, -0.05) is 0 Å². The number of ether oxygens (including phenoxy) is 1. The van der Waals surface area contributed by atoms with Gasteiger partial charge < -0.3 is 14.4 Å². The van der Waals surface area contributed by atoms with Crippen LogP contribution in [0, 0.1) is 29.6 Å². The average Bonchev–Trinajstić information content (AvgIpc) is 2.69. The topological polar surface area (TPSA) is 99.0 Å². The van der Waals surface area contributed by atoms with Crippen LogP contribution in [0.2, 0.25) is 0 Å². The van der Waals surface area contributed by atoms with E-state index in [1.165, 1.54) is 6.08 Å². The molecule has 1 aromatic rings. The minimum atomic E-state index is -0.793. The summed E-state index contributed by atoms with van der Waals surface area (Å²) in [6.45, 7) is 1.32. The lowest BCUT2D eigenvalue weighted by Crippen LogP contribution is -2.10. The van der Waals surface area contributed by atoms with Crippen LogP contribution in [0.3, 0.4) is 0 Å². The zero-order valence-electron chi connectivity index (χ0n) is 10.7. The van der Waals surface area contributed by atoms with Crippen LogP contribution >= 0.6 is 0 Å². The van der Waals surface area contributed by atoms with Gasteiger partial charge in [0.2, 0.25) is 0 Å². The van der Waals surface area contributed by atoms with E-state index in [2.05, 4.69) is 4.74 Å². The van der Waals surface area contributed by atoms with E-state index in [1.54, 1.807) is 30.7 Å². The SMILES string of the molecule is Cc1c(/C=C(/C#N)C(=O)OCCO)cc(C#N)n1C. The van der Waals surface area contributed by atoms with Crippen LogP contribution in [-0.4, -0.2) is 28.9 Å². The van der Waals surface area contributed by atoms with Crippen LogP contribution in [0.1, 0.15) is 17.0 Å². The molecule has 19 heavy (non-hydrogen) atoms. The molecule has 0 saturated carbocycles. The van der Waals surface area contributed by atoms with E-state index in [0.717, 1.165) is 5.69 Å². The molecule has 1 heterocycles. The molecule has 0 aliphatic rings. The fourth-order valence-electron chi connectivity index (χ4n) is 1.48. The molecule has 0 atom stereocenters. The molecule has 0 aliphatic heterocycles. The third-order valence-corrected chi connectivity index (χ3v) is 2.65. The first-order valence-electron chi connectivity index (χ1n) is 5.51. The van der Waals surface area contributed by atoms with Crippen molar-refractivity contribution in [2.24, 2.45) is 7.05 Å². The first-order chi connectivity index (χ1) is 9.04. The number of aliphatic hydroxyl groups is 1. The van der Waals surface area contributed by atoms with Crippen molar-refractivity contribution < 1.29 is 14.6 Å². The summed E-state index contributed by atoms with van der Waals surface area (Å²) in [6.07, 6.45) is 1.37. The van der Waals surface area contributed by atoms with Crippen LogP contribution in [0.15, 0.2) is 11.6 Å². The van der Waals surface area contributed by atoms with Gasteiger partial charge in [0.05, 0.1) is 6.61 Å². The molecule has 6 nitrogen and oxygen atoms in total. The van der Waals surface area contributed by atoms with Crippen molar-refractivity contribution in [1.82, 2.24) is 4.57 Å². The molecule has 0 aromatic carbocycles. The second-order valence-electron chi connectivity index (χ2n) is 3.77. The smallest absolute Gasteiger partial charge is 0.348 e. The van der Waals surface area contributed by atoms with Gasteiger partial charge in [0.25, 0.3) is 0 Å². The molecule has 1 aromatic heterocycles. The average molecular weight is 259 g/mol. The van der Waals surface area contributed by atoms with E-state index in [4.69, 9.17) is 15.6 Å². The van der Waals surface area contributed by atoms with Gasteiger partial charge in [-0.25, -0.2) is 4.79 Å². The minimum Gasteiger partial charge on any atom is -0.459 e. The summed E-state index contributed by atoms with van der Waals surface area (Å²) in [7, 11) is 1.72. The summed E-state index contributed by atoms with van der Waals surface area (Å²) < 4.78 is 6.33. The molecule has 1 rings (SSSR count). The highest BCUT2D eigenvalue weighted by Crippen LogP contribution is 2.17. The van der Waals surface area contributed by atoms with E-state index in [9.17, 15) is 4.79 Å². The second-order valence-corrected chi connectivity index (χ2v) is 3.77. The molecule has 6 heteroatoms. The number of nitrogens with zero attached hydrogens (tertiary/aromatic N) is 3. The van der Waals surface area contributed by atoms with Crippen molar-refractivity contribution in [3.8, 4) is 12.1 Å². The van der Waals surface area contributed by atoms with Crippen LogP contribution in [0.25, 0.3) is 6.08 Å². The number of aliphatic hydroxyl groups excluding tert-OH is 1. The zero-order chi connectivity index (χ0) is 14.4. The van der Waals surface area contributed by atoms with Gasteiger partial charge in [-0.2, -0.15) is 10.5 Å². The molecule has 0 amide bonds. The number of carbonyl (C=O) groups excluding carboxylic acids is 1. The normalized spacial score (nSPS) is 10.7. The standard InChI is InChI=1S/C13H13N3O3/c1-9-10(6-12(8-15)16(9)2)5-11(7-14)13(18)19-4-3-17/h5-6,17H,3-4H2,1-2H3/b11-5-. The Morgan fingerprint density at radius 1 is 1.58 bits per heavy atom. The van der Waals surface area contributed by atoms with Crippen molar-refractivity contribution >= 4 is 12.0 Å². The molecule has 0 fully saturated rings. The summed E-state index contributed by atoms with van der Waals surface area (Å²) >= 11 is 0. The Labute approximate surface area is 110 Å². The van der Waals surface area contributed by atoms with Crippen molar-refractivity contribution in [3.63, 3.8) is 0 Å². The summed E-state index contributed by atoms with van der Waals surface area (Å²) in [4.78, 5) is 11.5. The summed E-state index contributed by atoms with van der Waals surface area (Å²) in [6, 6.07) is 5.35. The van der Waals surface area contributed by atoms with E-state index < -0.39 is 5.97 Å². The first-order valence-corrected chi connectivity index (χ1v) is 5.51. The maximum absolute atomic E-state index is 11.5. The van der Waals surface area contributed by atoms with E-state index in [-0.39, 0.29) is 18.8 Å². The molecule has 0 saturated heterocycles. The molecule has 0 aliphatic carbocycles. The maximum Gasteiger partial charge on any atom is 0.348 e. The van der Waals surface area contributed by atoms with Crippen molar-refractivity contribution in [1.29, 1.82) is 10.5 Å². The van der Waals surface area contributed by atoms with Gasteiger partial charge in [0, 0.05) is 12.7 Å². The molecule has 98 valence electrons. The van der Waals surface area contributed by atoms with E-state index in [1.807, 2.05) is 6.07 Å². The van der Waals surface area contributed by atoms with Gasteiger partial charge in [0.1, 0.15) is 30.0 Å². The van der Waals surface area contributed by atoms with Crippen LogP contribution in [0.5, 0.6) is 0 Å². The zero-order valence-corrected chi connectivity index (χ0v) is 10.7. The maximum atomic E-state index is 11.5. The molecular formula is C13H13N3O3. The molecule has 0 unspecified atom stereocenters. The Bertz CT molecular complexity index is 600. The summed E-state index contributed by atoms with van der Waals surface area (Å²) in [5.41, 5.74) is 1.63. The number of aromatic nitrogens is 1. The number of nitriles is 2. The highest BCUT2D eigenvalue weighted by molar-refractivity contribution is 5.98. The van der Waals surface area contributed by atoms with Crippen LogP contribution in [0.4, 0.5) is 0 Å². The van der Waals surface area contributed by atoms with Gasteiger partial charge in [-0.05, 0) is 24.6 Å². The molecule has 1 N–H and O–H groups in total. The van der Waals surface area contributed by atoms with E-state index in [0.29, 0.717) is 11.3 Å². The molecule has 0 radical (unpaired) electrons. The largest absolute Gasteiger partial charge is 0.459 e. The number of esters is 1. The molecule has 0 spiro atoms. The third kappa shape index (κ3) is 3.21. The minimum absolute atomic E-state index is 0.158. The van der Waals surface area contributed by atoms with Gasteiger partial charge in [-0.3, -0.25) is 0 Å². The predicted molar refractivity (Wildman–Crippen MR) is 66.5 cm³/mol. The van der Waals surface area contributed by atoms with Gasteiger partial charge in [0.15, 0.2) is 0 Å². The molecule has 0 bridgehead atoms. The van der Waals surface area contributed by atoms with Gasteiger partial charge in [-0.15, -0.1) is 0 Å². The highest BCUT2D eigenvalue weighted by atomic mass is 16.5. The Balaban J connectivity index is 3.10. The lowest BCUT2D eigenvalue weighted by atomic mass is 10.1. The number of hydrogen-bond donors (Lipinski definition) is 1.